The maximum absolute atomic E-state index is 12.3. The molecule has 2 aromatic carbocycles. The first-order valence-electron chi connectivity index (χ1n) is 10.2. The van der Waals surface area contributed by atoms with Gasteiger partial charge < -0.3 is 5.32 Å². The Morgan fingerprint density at radius 2 is 1.71 bits per heavy atom. The number of aryl methyl sites for hydroxylation is 1. The normalized spacial score (nSPS) is 15.4. The van der Waals surface area contributed by atoms with E-state index in [1.165, 1.54) is 10.5 Å². The molecule has 0 saturated carbocycles. The van der Waals surface area contributed by atoms with E-state index < -0.39 is 5.54 Å². The first-order chi connectivity index (χ1) is 14.9. The molecule has 3 amide bonds. The second-order valence-corrected chi connectivity index (χ2v) is 9.12. The molecule has 0 unspecified atom stereocenters. The van der Waals surface area contributed by atoms with Gasteiger partial charge in [0.05, 0.1) is 0 Å². The number of aromatic nitrogens is 3. The quantitative estimate of drug-likeness (QED) is 0.344. The maximum Gasteiger partial charge on any atom is 0.325 e. The van der Waals surface area contributed by atoms with Crippen LogP contribution in [-0.2, 0) is 4.79 Å². The Kier molecular flexibility index (Phi) is 5.82. The zero-order valence-corrected chi connectivity index (χ0v) is 18.6. The van der Waals surface area contributed by atoms with Crippen molar-refractivity contribution in [3.05, 3.63) is 60.2 Å². The van der Waals surface area contributed by atoms with Gasteiger partial charge in [0.1, 0.15) is 5.54 Å². The Morgan fingerprint density at radius 3 is 2.35 bits per heavy atom. The van der Waals surface area contributed by atoms with E-state index in [1.54, 1.807) is 25.6 Å². The van der Waals surface area contributed by atoms with Crippen LogP contribution in [0.4, 0.5) is 4.79 Å². The van der Waals surface area contributed by atoms with E-state index in [0.717, 1.165) is 22.2 Å². The van der Waals surface area contributed by atoms with Crippen LogP contribution in [-0.4, -0.2) is 49.4 Å². The number of nitrogens with one attached hydrogen (secondary N) is 1. The lowest BCUT2D eigenvalue weighted by atomic mass is 10.1. The van der Waals surface area contributed by atoms with Crippen LogP contribution in [0.5, 0.6) is 0 Å². The molecule has 1 aliphatic heterocycles. The summed E-state index contributed by atoms with van der Waals surface area (Å²) in [5.41, 5.74) is 2.33. The SMILES string of the molecule is Cc1ccc(-n2c(SCCCN3C(=O)NC(C)(C)C3=O)nnc2-c2ccccc2)cc1. The minimum atomic E-state index is -0.833. The molecule has 1 aliphatic rings. The summed E-state index contributed by atoms with van der Waals surface area (Å²) in [6, 6.07) is 17.9. The van der Waals surface area contributed by atoms with Gasteiger partial charge in [0.25, 0.3) is 5.91 Å². The fourth-order valence-corrected chi connectivity index (χ4v) is 4.35. The third-order valence-corrected chi connectivity index (χ3v) is 6.17. The molecule has 0 atom stereocenters. The lowest BCUT2D eigenvalue weighted by molar-refractivity contribution is -0.130. The molecule has 4 rings (SSSR count). The van der Waals surface area contributed by atoms with Gasteiger partial charge in [0.15, 0.2) is 11.0 Å². The molecule has 0 spiro atoms. The van der Waals surface area contributed by atoms with Crippen molar-refractivity contribution in [3.63, 3.8) is 0 Å². The van der Waals surface area contributed by atoms with E-state index in [9.17, 15) is 9.59 Å². The molecule has 1 N–H and O–H groups in total. The molecule has 0 radical (unpaired) electrons. The third kappa shape index (κ3) is 4.34. The standard InChI is InChI=1S/C23H25N5O2S/c1-16-10-12-18(13-11-16)28-19(17-8-5-4-6-9-17)25-26-22(28)31-15-7-14-27-20(29)23(2,3)24-21(27)30/h4-6,8-13H,7,14-15H2,1-3H3,(H,24,30). The molecule has 1 aromatic heterocycles. The first-order valence-corrected chi connectivity index (χ1v) is 11.2. The summed E-state index contributed by atoms with van der Waals surface area (Å²) in [5, 5.41) is 12.4. The second-order valence-electron chi connectivity index (χ2n) is 8.06. The monoisotopic (exact) mass is 435 g/mol. The second kappa shape index (κ2) is 8.55. The van der Waals surface area contributed by atoms with Crippen molar-refractivity contribution >= 4 is 23.7 Å². The van der Waals surface area contributed by atoms with Crippen LogP contribution in [0.15, 0.2) is 59.8 Å². The highest BCUT2D eigenvalue weighted by atomic mass is 32.2. The number of urea groups is 1. The zero-order chi connectivity index (χ0) is 22.0. The smallest absolute Gasteiger partial charge is 0.324 e. The van der Waals surface area contributed by atoms with E-state index in [1.807, 2.05) is 30.3 Å². The van der Waals surface area contributed by atoms with Gasteiger partial charge in [-0.2, -0.15) is 0 Å². The number of nitrogens with zero attached hydrogens (tertiary/aromatic N) is 4. The molecule has 1 fully saturated rings. The van der Waals surface area contributed by atoms with Gasteiger partial charge in [-0.25, -0.2) is 4.79 Å². The van der Waals surface area contributed by atoms with E-state index in [4.69, 9.17) is 0 Å². The molecular formula is C23H25N5O2S. The van der Waals surface area contributed by atoms with Crippen molar-refractivity contribution < 1.29 is 9.59 Å². The van der Waals surface area contributed by atoms with Gasteiger partial charge >= 0.3 is 6.03 Å². The number of hydrogen-bond donors (Lipinski definition) is 1. The van der Waals surface area contributed by atoms with Gasteiger partial charge in [-0.15, -0.1) is 10.2 Å². The van der Waals surface area contributed by atoms with Crippen molar-refractivity contribution in [2.45, 2.75) is 37.9 Å². The van der Waals surface area contributed by atoms with Crippen LogP contribution in [0.1, 0.15) is 25.8 Å². The highest BCUT2D eigenvalue weighted by molar-refractivity contribution is 7.99. The summed E-state index contributed by atoms with van der Waals surface area (Å²) in [6.07, 6.45) is 0.668. The Balaban J connectivity index is 1.51. The van der Waals surface area contributed by atoms with Crippen molar-refractivity contribution in [2.24, 2.45) is 0 Å². The summed E-state index contributed by atoms with van der Waals surface area (Å²) >= 11 is 1.57. The number of amides is 3. The topological polar surface area (TPSA) is 80.1 Å². The van der Waals surface area contributed by atoms with Crippen LogP contribution in [0.25, 0.3) is 17.1 Å². The highest BCUT2D eigenvalue weighted by Gasteiger charge is 2.43. The summed E-state index contributed by atoms with van der Waals surface area (Å²) in [6.45, 7) is 5.88. The molecule has 7 nitrogen and oxygen atoms in total. The average molecular weight is 436 g/mol. The Labute approximate surface area is 185 Å². The molecule has 8 heteroatoms. The molecule has 1 saturated heterocycles. The van der Waals surface area contributed by atoms with Crippen molar-refractivity contribution in [1.29, 1.82) is 0 Å². The van der Waals surface area contributed by atoms with Crippen LogP contribution >= 0.6 is 11.8 Å². The Morgan fingerprint density at radius 1 is 1.00 bits per heavy atom. The largest absolute Gasteiger partial charge is 0.325 e. The fraction of sp³-hybridized carbons (Fsp3) is 0.304. The zero-order valence-electron chi connectivity index (χ0n) is 17.8. The lowest BCUT2D eigenvalue weighted by Gasteiger charge is -2.15. The average Bonchev–Trinajstić information content (AvgIpc) is 3.25. The summed E-state index contributed by atoms with van der Waals surface area (Å²) < 4.78 is 2.05. The Hall–Kier alpha value is -3.13. The van der Waals surface area contributed by atoms with Crippen LogP contribution < -0.4 is 5.32 Å². The Bertz CT molecular complexity index is 1090. The van der Waals surface area contributed by atoms with Crippen LogP contribution in [0, 0.1) is 6.92 Å². The molecule has 0 aliphatic carbocycles. The van der Waals surface area contributed by atoms with E-state index in [0.29, 0.717) is 18.7 Å². The minimum Gasteiger partial charge on any atom is -0.324 e. The maximum atomic E-state index is 12.3. The number of benzene rings is 2. The number of imide groups is 1. The van der Waals surface area contributed by atoms with Gasteiger partial charge in [-0.3, -0.25) is 14.3 Å². The third-order valence-electron chi connectivity index (χ3n) is 5.16. The van der Waals surface area contributed by atoms with Crippen molar-refractivity contribution in [2.75, 3.05) is 12.3 Å². The summed E-state index contributed by atoms with van der Waals surface area (Å²) in [7, 11) is 0. The van der Waals surface area contributed by atoms with Crippen molar-refractivity contribution in [1.82, 2.24) is 25.0 Å². The van der Waals surface area contributed by atoms with E-state index in [2.05, 4.69) is 51.3 Å². The minimum absolute atomic E-state index is 0.184. The van der Waals surface area contributed by atoms with Gasteiger partial charge in [0, 0.05) is 23.5 Å². The van der Waals surface area contributed by atoms with E-state index >= 15 is 0 Å². The van der Waals surface area contributed by atoms with Gasteiger partial charge in [-0.05, 0) is 39.3 Å². The van der Waals surface area contributed by atoms with Gasteiger partial charge in [-0.1, -0.05) is 59.8 Å². The number of carbonyl (C=O) groups is 2. The highest BCUT2D eigenvalue weighted by Crippen LogP contribution is 2.28. The molecule has 3 aromatic rings. The summed E-state index contributed by atoms with van der Waals surface area (Å²) in [5.74, 6) is 1.30. The van der Waals surface area contributed by atoms with Gasteiger partial charge in [0.2, 0.25) is 0 Å². The summed E-state index contributed by atoms with van der Waals surface area (Å²) in [4.78, 5) is 25.7. The number of rotatable bonds is 7. The number of hydrogen-bond acceptors (Lipinski definition) is 5. The van der Waals surface area contributed by atoms with E-state index in [-0.39, 0.29) is 11.9 Å². The molecule has 2 heterocycles. The van der Waals surface area contributed by atoms with Crippen LogP contribution in [0.2, 0.25) is 0 Å². The fourth-order valence-electron chi connectivity index (χ4n) is 3.47. The predicted molar refractivity (Wildman–Crippen MR) is 121 cm³/mol. The van der Waals surface area contributed by atoms with Crippen LogP contribution in [0.3, 0.4) is 0 Å². The molecular weight excluding hydrogens is 410 g/mol. The lowest BCUT2D eigenvalue weighted by Crippen LogP contribution is -2.40. The predicted octanol–water partition coefficient (Wildman–Crippen LogP) is 4.06. The molecule has 160 valence electrons. The number of thioether (sulfide) groups is 1. The molecule has 31 heavy (non-hydrogen) atoms. The van der Waals surface area contributed by atoms with Crippen molar-refractivity contribution in [3.8, 4) is 17.1 Å². The number of carbonyl (C=O) groups excluding carboxylic acids is 2. The first kappa shape index (κ1) is 21.1. The molecule has 0 bridgehead atoms.